The largest absolute Gasteiger partial charge is 0.342 e. The number of hydrogen-bond acceptors (Lipinski definition) is 5. The van der Waals surface area contributed by atoms with Crippen LogP contribution in [0.2, 0.25) is 0 Å². The minimum atomic E-state index is -0.114. The summed E-state index contributed by atoms with van der Waals surface area (Å²) < 4.78 is 0. The molecule has 2 aromatic carbocycles. The maximum absolute atomic E-state index is 12.2. The number of amides is 1. The van der Waals surface area contributed by atoms with Crippen molar-refractivity contribution < 1.29 is 4.79 Å². The lowest BCUT2D eigenvalue weighted by atomic mass is 10.2. The van der Waals surface area contributed by atoms with Gasteiger partial charge in [-0.1, -0.05) is 42.1 Å². The molecule has 0 aliphatic carbocycles. The maximum Gasteiger partial charge on any atom is 0.234 e. The van der Waals surface area contributed by atoms with Crippen molar-refractivity contribution in [2.24, 2.45) is 0 Å². The smallest absolute Gasteiger partial charge is 0.234 e. The molecule has 0 aliphatic heterocycles. The first kappa shape index (κ1) is 16.3. The number of nitrogens with zero attached hydrogens (tertiary/aromatic N) is 3. The number of carbonyl (C=O) groups excluding carboxylic acids is 1. The summed E-state index contributed by atoms with van der Waals surface area (Å²) in [5.74, 6) is 1.65. The van der Waals surface area contributed by atoms with Crippen LogP contribution in [0.15, 0.2) is 53.7 Å². The fourth-order valence-corrected chi connectivity index (χ4v) is 3.18. The Kier molecular flexibility index (Phi) is 4.40. The highest BCUT2D eigenvalue weighted by atomic mass is 32.2. The van der Waals surface area contributed by atoms with E-state index in [-0.39, 0.29) is 11.7 Å². The fraction of sp³-hybridized carbons (Fsp3) is 0.111. The number of nitrogens with one attached hydrogen (secondary N) is 3. The normalized spacial score (nSPS) is 11.0. The second-order valence-corrected chi connectivity index (χ2v) is 6.67. The van der Waals surface area contributed by atoms with Gasteiger partial charge in [0.1, 0.15) is 5.82 Å². The zero-order valence-corrected chi connectivity index (χ0v) is 14.8. The van der Waals surface area contributed by atoms with Gasteiger partial charge >= 0.3 is 0 Å². The molecule has 7 nitrogen and oxygen atoms in total. The van der Waals surface area contributed by atoms with Gasteiger partial charge in [-0.25, -0.2) is 9.97 Å². The maximum atomic E-state index is 12.2. The third kappa shape index (κ3) is 3.60. The number of aromatic amines is 2. The van der Waals surface area contributed by atoms with Gasteiger partial charge in [0.05, 0.1) is 16.8 Å². The lowest BCUT2D eigenvalue weighted by Gasteiger charge is -2.03. The molecule has 0 atom stereocenters. The molecular weight excluding hydrogens is 348 g/mol. The molecule has 1 amide bonds. The standard InChI is InChI=1S/C18H16N6OS/c1-11-19-14-8-7-13(9-15(14)20-11)21-16(25)10-26-18-22-17(23-24-18)12-5-3-2-4-6-12/h2-9H,10H2,1H3,(H,19,20)(H,21,25)(H,22,23,24). The van der Waals surface area contributed by atoms with Crippen molar-refractivity contribution in [2.45, 2.75) is 12.1 Å². The topological polar surface area (TPSA) is 99.3 Å². The van der Waals surface area contributed by atoms with Crippen molar-refractivity contribution in [1.82, 2.24) is 25.1 Å². The molecule has 0 radical (unpaired) electrons. The molecule has 2 aromatic heterocycles. The Morgan fingerprint density at radius 3 is 2.85 bits per heavy atom. The number of H-pyrrole nitrogens is 2. The number of fused-ring (bicyclic) bond motifs is 1. The first-order valence-electron chi connectivity index (χ1n) is 8.04. The number of rotatable bonds is 5. The average Bonchev–Trinajstić information content (AvgIpc) is 3.26. The average molecular weight is 364 g/mol. The summed E-state index contributed by atoms with van der Waals surface area (Å²) in [5.41, 5.74) is 3.46. The molecule has 0 spiro atoms. The van der Waals surface area contributed by atoms with Gasteiger partial charge in [0.25, 0.3) is 0 Å². The van der Waals surface area contributed by atoms with Gasteiger partial charge in [-0.05, 0) is 25.1 Å². The summed E-state index contributed by atoms with van der Waals surface area (Å²) in [5, 5.41) is 10.5. The SMILES string of the molecule is Cc1nc2ccc(NC(=O)CSc3n[nH]c(-c4ccccc4)n3)cc2[nH]1. The molecule has 8 heteroatoms. The third-order valence-electron chi connectivity index (χ3n) is 3.73. The predicted molar refractivity (Wildman–Crippen MR) is 102 cm³/mol. The number of anilines is 1. The lowest BCUT2D eigenvalue weighted by Crippen LogP contribution is -2.14. The Bertz CT molecular complexity index is 1060. The molecule has 0 saturated heterocycles. The van der Waals surface area contributed by atoms with Gasteiger partial charge in [-0.15, -0.1) is 5.10 Å². The molecule has 4 rings (SSSR count). The highest BCUT2D eigenvalue weighted by Gasteiger charge is 2.10. The number of thioether (sulfide) groups is 1. The van der Waals surface area contributed by atoms with Gasteiger partial charge in [-0.3, -0.25) is 9.89 Å². The van der Waals surface area contributed by atoms with E-state index in [0.717, 1.165) is 28.1 Å². The molecule has 26 heavy (non-hydrogen) atoms. The van der Waals surface area contributed by atoms with Gasteiger partial charge < -0.3 is 10.3 Å². The summed E-state index contributed by atoms with van der Waals surface area (Å²) in [6, 6.07) is 15.3. The zero-order valence-electron chi connectivity index (χ0n) is 14.0. The van der Waals surface area contributed by atoms with Crippen LogP contribution < -0.4 is 5.32 Å². The van der Waals surface area contributed by atoms with Gasteiger partial charge in [-0.2, -0.15) is 0 Å². The quantitative estimate of drug-likeness (QED) is 0.471. The number of benzene rings is 2. The van der Waals surface area contributed by atoms with E-state index < -0.39 is 0 Å². The second-order valence-electron chi connectivity index (χ2n) is 5.72. The Hall–Kier alpha value is -3.13. The molecular formula is C18H16N6OS. The van der Waals surface area contributed by atoms with Crippen molar-refractivity contribution in [3.63, 3.8) is 0 Å². The Morgan fingerprint density at radius 1 is 1.15 bits per heavy atom. The van der Waals surface area contributed by atoms with Crippen molar-refractivity contribution >= 4 is 34.4 Å². The van der Waals surface area contributed by atoms with E-state index in [0.29, 0.717) is 11.0 Å². The molecule has 2 heterocycles. The summed E-state index contributed by atoms with van der Waals surface area (Å²) in [4.78, 5) is 24.1. The van der Waals surface area contributed by atoms with Crippen LogP contribution in [0.4, 0.5) is 5.69 Å². The Labute approximate surface area is 153 Å². The van der Waals surface area contributed by atoms with E-state index in [1.54, 1.807) is 0 Å². The van der Waals surface area contributed by atoms with E-state index >= 15 is 0 Å². The van der Waals surface area contributed by atoms with E-state index in [2.05, 4.69) is 30.5 Å². The van der Waals surface area contributed by atoms with Crippen LogP contribution in [0.25, 0.3) is 22.4 Å². The number of imidazole rings is 1. The molecule has 4 aromatic rings. The van der Waals surface area contributed by atoms with E-state index in [4.69, 9.17) is 0 Å². The summed E-state index contributed by atoms with van der Waals surface area (Å²) in [6.07, 6.45) is 0. The molecule has 0 bridgehead atoms. The minimum absolute atomic E-state index is 0.114. The van der Waals surface area contributed by atoms with Crippen LogP contribution in [0.1, 0.15) is 5.82 Å². The van der Waals surface area contributed by atoms with Crippen LogP contribution in [0.5, 0.6) is 0 Å². The van der Waals surface area contributed by atoms with Gasteiger partial charge in [0.2, 0.25) is 11.1 Å². The molecule has 130 valence electrons. The van der Waals surface area contributed by atoms with E-state index in [9.17, 15) is 4.79 Å². The van der Waals surface area contributed by atoms with E-state index in [1.165, 1.54) is 11.8 Å². The first-order chi connectivity index (χ1) is 12.7. The highest BCUT2D eigenvalue weighted by Crippen LogP contribution is 2.20. The van der Waals surface area contributed by atoms with Crippen molar-refractivity contribution in [3.05, 3.63) is 54.4 Å². The van der Waals surface area contributed by atoms with Crippen LogP contribution >= 0.6 is 11.8 Å². The summed E-state index contributed by atoms with van der Waals surface area (Å²) in [6.45, 7) is 1.90. The van der Waals surface area contributed by atoms with Gasteiger partial charge in [0.15, 0.2) is 5.82 Å². The van der Waals surface area contributed by atoms with Crippen LogP contribution in [0, 0.1) is 6.92 Å². The number of aryl methyl sites for hydroxylation is 1. The molecule has 0 fully saturated rings. The van der Waals surface area contributed by atoms with Crippen molar-refractivity contribution in [3.8, 4) is 11.4 Å². The zero-order chi connectivity index (χ0) is 17.9. The van der Waals surface area contributed by atoms with Crippen LogP contribution in [-0.2, 0) is 4.79 Å². The predicted octanol–water partition coefficient (Wildman–Crippen LogP) is 3.39. The highest BCUT2D eigenvalue weighted by molar-refractivity contribution is 7.99. The van der Waals surface area contributed by atoms with Gasteiger partial charge in [0, 0.05) is 11.3 Å². The molecule has 0 unspecified atom stereocenters. The number of hydrogen-bond donors (Lipinski definition) is 3. The third-order valence-corrected chi connectivity index (χ3v) is 4.58. The molecule has 0 aliphatic rings. The van der Waals surface area contributed by atoms with Crippen LogP contribution in [0.3, 0.4) is 0 Å². The molecule has 3 N–H and O–H groups in total. The number of aromatic nitrogens is 5. The number of carbonyl (C=O) groups is 1. The first-order valence-corrected chi connectivity index (χ1v) is 9.03. The summed E-state index contributed by atoms with van der Waals surface area (Å²) >= 11 is 1.29. The molecule has 0 saturated carbocycles. The minimum Gasteiger partial charge on any atom is -0.342 e. The summed E-state index contributed by atoms with van der Waals surface area (Å²) in [7, 11) is 0. The van der Waals surface area contributed by atoms with Crippen molar-refractivity contribution in [1.29, 1.82) is 0 Å². The lowest BCUT2D eigenvalue weighted by molar-refractivity contribution is -0.113. The van der Waals surface area contributed by atoms with Crippen LogP contribution in [-0.4, -0.2) is 36.8 Å². The monoisotopic (exact) mass is 364 g/mol. The second kappa shape index (κ2) is 7.01. The van der Waals surface area contributed by atoms with E-state index in [1.807, 2.05) is 55.5 Å². The fourth-order valence-electron chi connectivity index (χ4n) is 2.58. The Morgan fingerprint density at radius 2 is 2.00 bits per heavy atom. The Balaban J connectivity index is 1.37. The van der Waals surface area contributed by atoms with Crippen molar-refractivity contribution in [2.75, 3.05) is 11.1 Å².